The number of rotatable bonds is 10. The van der Waals surface area contributed by atoms with E-state index in [1.54, 1.807) is 13.0 Å². The predicted octanol–water partition coefficient (Wildman–Crippen LogP) is 5.38. The van der Waals surface area contributed by atoms with Gasteiger partial charge in [-0.05, 0) is 63.5 Å². The van der Waals surface area contributed by atoms with Crippen LogP contribution >= 0.6 is 0 Å². The Morgan fingerprint density at radius 1 is 1.07 bits per heavy atom. The van der Waals surface area contributed by atoms with Crippen molar-refractivity contribution in [3.63, 3.8) is 0 Å². The third-order valence-corrected chi connectivity index (χ3v) is 10.7. The van der Waals surface area contributed by atoms with Gasteiger partial charge < -0.3 is 14.6 Å². The fourth-order valence-corrected chi connectivity index (χ4v) is 8.60. The zero-order valence-electron chi connectivity index (χ0n) is 24.6. The van der Waals surface area contributed by atoms with Crippen molar-refractivity contribution < 1.29 is 38.1 Å². The molecule has 0 aromatic rings. The summed E-state index contributed by atoms with van der Waals surface area (Å²) in [5, 5.41) is 11.7. The standard InChI is InChI=1S/C32H45FO7/c1-6-8-10-27(37)39-19-26(36)32(40-28(38)11-9-7-2)20(3)16-24-23-13-12-21-17-22(34)14-15-29(21,4)31(23,33)25(35)18-30(24,32)5/h14-15,17,20,23-25,35H,6-13,16,18-19H2,1-5H3/t20-,23-,24-,25+,29+,30+,31-,32-/m1/s1. The average Bonchev–Trinajstić information content (AvgIpc) is 3.12. The van der Waals surface area contributed by atoms with Crippen LogP contribution in [0.4, 0.5) is 4.39 Å². The van der Waals surface area contributed by atoms with Crippen LogP contribution in [-0.4, -0.2) is 52.6 Å². The number of ether oxygens (including phenoxy) is 2. The van der Waals surface area contributed by atoms with Crippen molar-refractivity contribution in [3.05, 3.63) is 23.8 Å². The van der Waals surface area contributed by atoms with Gasteiger partial charge in [-0.25, -0.2) is 4.39 Å². The second-order valence-electron chi connectivity index (χ2n) is 12.9. The number of carbonyl (C=O) groups is 4. The lowest BCUT2D eigenvalue weighted by atomic mass is 9.44. The highest BCUT2D eigenvalue weighted by atomic mass is 19.1. The number of aliphatic hydroxyl groups excluding tert-OH is 1. The van der Waals surface area contributed by atoms with E-state index in [9.17, 15) is 24.3 Å². The summed E-state index contributed by atoms with van der Waals surface area (Å²) >= 11 is 0. The van der Waals surface area contributed by atoms with Gasteiger partial charge in [0.15, 0.2) is 23.7 Å². The molecule has 0 bridgehead atoms. The number of unbranched alkanes of at least 4 members (excludes halogenated alkanes) is 2. The Labute approximate surface area is 236 Å². The topological polar surface area (TPSA) is 107 Å². The Balaban J connectivity index is 1.74. The molecule has 4 aliphatic carbocycles. The molecule has 0 amide bonds. The Bertz CT molecular complexity index is 1110. The van der Waals surface area contributed by atoms with E-state index >= 15 is 4.39 Å². The largest absolute Gasteiger partial charge is 0.457 e. The van der Waals surface area contributed by atoms with E-state index in [0.717, 1.165) is 12.8 Å². The second kappa shape index (κ2) is 11.1. The normalized spacial score (nSPS) is 40.0. The third kappa shape index (κ3) is 4.49. The van der Waals surface area contributed by atoms with Gasteiger partial charge in [0.2, 0.25) is 5.78 Å². The van der Waals surface area contributed by atoms with Crippen molar-refractivity contribution in [2.24, 2.45) is 28.6 Å². The fraction of sp³-hybridized carbons (Fsp3) is 0.750. The van der Waals surface area contributed by atoms with Crippen LogP contribution in [-0.2, 0) is 28.7 Å². The summed E-state index contributed by atoms with van der Waals surface area (Å²) in [6.07, 6.45) is 7.38. The minimum Gasteiger partial charge on any atom is -0.457 e. The number of hydrogen-bond donors (Lipinski definition) is 1. The lowest BCUT2D eigenvalue weighted by molar-refractivity contribution is -0.228. The van der Waals surface area contributed by atoms with Crippen molar-refractivity contribution in [1.29, 1.82) is 0 Å². The highest BCUT2D eigenvalue weighted by molar-refractivity contribution is 6.01. The first-order valence-corrected chi connectivity index (χ1v) is 15.0. The summed E-state index contributed by atoms with van der Waals surface area (Å²) in [7, 11) is 0. The number of hydrogen-bond acceptors (Lipinski definition) is 7. The van der Waals surface area contributed by atoms with Crippen LogP contribution in [0.1, 0.15) is 98.8 Å². The highest BCUT2D eigenvalue weighted by Gasteiger charge is 2.77. The van der Waals surface area contributed by atoms with Gasteiger partial charge in [0, 0.05) is 35.5 Å². The van der Waals surface area contributed by atoms with Gasteiger partial charge in [-0.3, -0.25) is 19.2 Å². The fourth-order valence-electron chi connectivity index (χ4n) is 8.60. The van der Waals surface area contributed by atoms with Gasteiger partial charge in [0.1, 0.15) is 0 Å². The van der Waals surface area contributed by atoms with Crippen molar-refractivity contribution >= 4 is 23.5 Å². The first kappa shape index (κ1) is 30.6. The molecule has 40 heavy (non-hydrogen) atoms. The van der Waals surface area contributed by atoms with E-state index in [4.69, 9.17) is 9.47 Å². The molecule has 0 heterocycles. The number of ketones is 2. The van der Waals surface area contributed by atoms with Crippen LogP contribution in [0.3, 0.4) is 0 Å². The third-order valence-electron chi connectivity index (χ3n) is 10.7. The molecule has 3 saturated carbocycles. The zero-order chi connectivity index (χ0) is 29.5. The molecule has 0 radical (unpaired) electrons. The van der Waals surface area contributed by atoms with Crippen LogP contribution in [0, 0.1) is 28.6 Å². The Hall–Kier alpha value is -2.35. The molecule has 3 fully saturated rings. The monoisotopic (exact) mass is 560 g/mol. The molecule has 4 aliphatic rings. The Morgan fingerprint density at radius 3 is 2.38 bits per heavy atom. The molecular formula is C32H45FO7. The number of esters is 2. The molecule has 1 N–H and O–H groups in total. The molecule has 8 atom stereocenters. The molecule has 4 rings (SSSR count). The maximum Gasteiger partial charge on any atom is 0.306 e. The number of aliphatic hydroxyl groups is 1. The number of fused-ring (bicyclic) bond motifs is 5. The summed E-state index contributed by atoms with van der Waals surface area (Å²) in [4.78, 5) is 51.7. The molecule has 0 aromatic heterocycles. The number of Topliss-reactive ketones (excluding diaryl/α,β-unsaturated/α-hetero) is 1. The SMILES string of the molecule is CCCCC(=O)OCC(=O)[C@]1(OC(=O)CCCC)[C@H](C)C[C@@H]2[C@H]3CCC4=CC(=O)C=C[C@]4(C)[C@]3(F)[C@@H](O)C[C@@]21C. The first-order valence-electron chi connectivity index (χ1n) is 15.0. The smallest absolute Gasteiger partial charge is 0.306 e. The molecule has 222 valence electrons. The van der Waals surface area contributed by atoms with Gasteiger partial charge in [0.05, 0.1) is 6.10 Å². The van der Waals surface area contributed by atoms with Gasteiger partial charge in [-0.2, -0.15) is 0 Å². The molecule has 0 unspecified atom stereocenters. The van der Waals surface area contributed by atoms with Crippen molar-refractivity contribution in [1.82, 2.24) is 0 Å². The van der Waals surface area contributed by atoms with E-state index < -0.39 is 64.4 Å². The average molecular weight is 561 g/mol. The van der Waals surface area contributed by atoms with Crippen LogP contribution in [0.5, 0.6) is 0 Å². The predicted molar refractivity (Wildman–Crippen MR) is 147 cm³/mol. The van der Waals surface area contributed by atoms with Crippen molar-refractivity contribution in [3.8, 4) is 0 Å². The minimum absolute atomic E-state index is 0.101. The first-order chi connectivity index (χ1) is 18.8. The summed E-state index contributed by atoms with van der Waals surface area (Å²) in [5.74, 6) is -3.17. The molecule has 7 nitrogen and oxygen atoms in total. The quantitative estimate of drug-likeness (QED) is 0.358. The van der Waals surface area contributed by atoms with E-state index in [-0.39, 0.29) is 31.0 Å². The van der Waals surface area contributed by atoms with E-state index in [2.05, 4.69) is 0 Å². The number of alkyl halides is 1. The van der Waals surface area contributed by atoms with E-state index in [1.807, 2.05) is 27.7 Å². The second-order valence-corrected chi connectivity index (χ2v) is 12.9. The van der Waals surface area contributed by atoms with E-state index in [0.29, 0.717) is 37.7 Å². The molecule has 0 aromatic carbocycles. The molecular weight excluding hydrogens is 515 g/mol. The molecule has 0 spiro atoms. The van der Waals surface area contributed by atoms with Crippen LogP contribution < -0.4 is 0 Å². The molecule has 0 saturated heterocycles. The minimum atomic E-state index is -2.06. The maximum absolute atomic E-state index is 17.5. The number of carbonyl (C=O) groups excluding carboxylic acids is 4. The van der Waals surface area contributed by atoms with Crippen LogP contribution in [0.15, 0.2) is 23.8 Å². The summed E-state index contributed by atoms with van der Waals surface area (Å²) in [5.41, 5.74) is -5.27. The lowest BCUT2D eigenvalue weighted by Crippen LogP contribution is -2.70. The maximum atomic E-state index is 17.5. The summed E-state index contributed by atoms with van der Waals surface area (Å²) in [6.45, 7) is 8.80. The number of halogens is 1. The highest BCUT2D eigenvalue weighted by Crippen LogP contribution is 2.71. The van der Waals surface area contributed by atoms with Crippen LogP contribution in [0.2, 0.25) is 0 Å². The van der Waals surface area contributed by atoms with Crippen molar-refractivity contribution in [2.45, 2.75) is 116 Å². The van der Waals surface area contributed by atoms with Gasteiger partial charge in [0.25, 0.3) is 0 Å². The summed E-state index contributed by atoms with van der Waals surface area (Å²) in [6, 6.07) is 0. The Kier molecular flexibility index (Phi) is 8.53. The van der Waals surface area contributed by atoms with Gasteiger partial charge in [-0.1, -0.05) is 52.2 Å². The van der Waals surface area contributed by atoms with Gasteiger partial charge >= 0.3 is 11.9 Å². The number of allylic oxidation sites excluding steroid dienone is 4. The van der Waals surface area contributed by atoms with E-state index in [1.165, 1.54) is 12.2 Å². The summed E-state index contributed by atoms with van der Waals surface area (Å²) < 4.78 is 29.1. The van der Waals surface area contributed by atoms with Crippen molar-refractivity contribution in [2.75, 3.05) is 6.61 Å². The zero-order valence-corrected chi connectivity index (χ0v) is 24.6. The Morgan fingerprint density at radius 2 is 1.73 bits per heavy atom. The molecule has 0 aliphatic heterocycles. The molecule has 8 heteroatoms. The van der Waals surface area contributed by atoms with Gasteiger partial charge in [-0.15, -0.1) is 0 Å². The van der Waals surface area contributed by atoms with Crippen LogP contribution in [0.25, 0.3) is 0 Å². The lowest BCUT2D eigenvalue weighted by Gasteiger charge is -2.62.